The van der Waals surface area contributed by atoms with Gasteiger partial charge in [-0.3, -0.25) is 14.9 Å². The van der Waals surface area contributed by atoms with Gasteiger partial charge in [0.2, 0.25) is 5.91 Å². The van der Waals surface area contributed by atoms with Crippen LogP contribution in [0.4, 0.5) is 11.4 Å². The van der Waals surface area contributed by atoms with Gasteiger partial charge >= 0.3 is 0 Å². The molecule has 0 radical (unpaired) electrons. The highest BCUT2D eigenvalue weighted by Crippen LogP contribution is 2.20. The van der Waals surface area contributed by atoms with E-state index in [9.17, 15) is 14.9 Å². The van der Waals surface area contributed by atoms with E-state index in [0.29, 0.717) is 18.7 Å². The Balaban J connectivity index is 2.62. The van der Waals surface area contributed by atoms with Crippen molar-refractivity contribution in [2.24, 2.45) is 0 Å². The number of rotatable bonds is 5. The largest absolute Gasteiger partial charge is 0.384 e. The van der Waals surface area contributed by atoms with E-state index in [1.807, 2.05) is 6.07 Å². The number of hydrogen-bond acceptors (Lipinski definition) is 4. The number of benzene rings is 1. The Morgan fingerprint density at radius 1 is 1.39 bits per heavy atom. The molecule has 6 nitrogen and oxygen atoms in total. The summed E-state index contributed by atoms with van der Waals surface area (Å²) in [4.78, 5) is 23.1. The van der Waals surface area contributed by atoms with Gasteiger partial charge in [0.05, 0.1) is 4.92 Å². The van der Waals surface area contributed by atoms with Crippen LogP contribution >= 0.6 is 0 Å². The Bertz CT molecular complexity index is 458. The third-order valence-corrected chi connectivity index (χ3v) is 2.44. The molecule has 1 N–H and O–H groups in total. The molecule has 0 atom stereocenters. The first-order valence-corrected chi connectivity index (χ1v) is 5.60. The Morgan fingerprint density at radius 3 is 2.61 bits per heavy atom. The molecule has 0 aromatic heterocycles. The number of nitro groups is 1. The number of carbonyl (C=O) groups excluding carboxylic acids is 1. The molecule has 6 heteroatoms. The molecule has 1 aromatic rings. The predicted octanol–water partition coefficient (Wildman–Crippen LogP) is 1.79. The van der Waals surface area contributed by atoms with E-state index in [0.717, 1.165) is 5.56 Å². The molecule has 18 heavy (non-hydrogen) atoms. The van der Waals surface area contributed by atoms with Gasteiger partial charge in [0.25, 0.3) is 5.69 Å². The number of nitro benzene ring substituents is 1. The number of nitrogens with zero attached hydrogens (tertiary/aromatic N) is 2. The molecule has 1 rings (SSSR count). The Morgan fingerprint density at radius 2 is 2.06 bits per heavy atom. The topological polar surface area (TPSA) is 75.5 Å². The first-order chi connectivity index (χ1) is 8.40. The molecule has 0 saturated carbocycles. The summed E-state index contributed by atoms with van der Waals surface area (Å²) >= 11 is 0. The van der Waals surface area contributed by atoms with Crippen LogP contribution in [0.1, 0.15) is 12.0 Å². The molecule has 0 fully saturated rings. The van der Waals surface area contributed by atoms with E-state index < -0.39 is 4.92 Å². The van der Waals surface area contributed by atoms with Crippen LogP contribution in [0.2, 0.25) is 0 Å². The molecule has 0 aliphatic heterocycles. The monoisotopic (exact) mass is 251 g/mol. The molecule has 0 bridgehead atoms. The average molecular weight is 251 g/mol. The first kappa shape index (κ1) is 14.0. The van der Waals surface area contributed by atoms with Gasteiger partial charge in [-0.05, 0) is 18.6 Å². The molecular formula is C12H17N3O3. The lowest BCUT2D eigenvalue weighted by Crippen LogP contribution is -2.23. The van der Waals surface area contributed by atoms with Crippen LogP contribution in [0.15, 0.2) is 18.2 Å². The minimum Gasteiger partial charge on any atom is -0.384 e. The third kappa shape index (κ3) is 4.04. The SMILES string of the molecule is Cc1cc(NCCC(=O)N(C)C)cc([N+](=O)[O-])c1. The fourth-order valence-electron chi connectivity index (χ4n) is 1.51. The number of amides is 1. The molecule has 0 heterocycles. The van der Waals surface area contributed by atoms with Crippen molar-refractivity contribution in [2.75, 3.05) is 26.0 Å². The molecule has 98 valence electrons. The highest BCUT2D eigenvalue weighted by atomic mass is 16.6. The summed E-state index contributed by atoms with van der Waals surface area (Å²) in [6, 6.07) is 4.79. The van der Waals surface area contributed by atoms with Crippen molar-refractivity contribution in [1.82, 2.24) is 4.90 Å². The summed E-state index contributed by atoms with van der Waals surface area (Å²) in [6.07, 6.45) is 0.356. The van der Waals surface area contributed by atoms with Gasteiger partial charge in [-0.15, -0.1) is 0 Å². The number of carbonyl (C=O) groups is 1. The Hall–Kier alpha value is -2.11. The minimum atomic E-state index is -0.427. The van der Waals surface area contributed by atoms with E-state index in [-0.39, 0.29) is 11.6 Å². The van der Waals surface area contributed by atoms with Crippen LogP contribution in [0, 0.1) is 17.0 Å². The zero-order valence-electron chi connectivity index (χ0n) is 10.8. The highest BCUT2D eigenvalue weighted by molar-refractivity contribution is 5.76. The number of anilines is 1. The predicted molar refractivity (Wildman–Crippen MR) is 69.6 cm³/mol. The van der Waals surface area contributed by atoms with Crippen LogP contribution in [0.5, 0.6) is 0 Å². The second-order valence-corrected chi connectivity index (χ2v) is 4.28. The molecule has 0 unspecified atom stereocenters. The van der Waals surface area contributed by atoms with Crippen molar-refractivity contribution in [3.63, 3.8) is 0 Å². The van der Waals surface area contributed by atoms with E-state index in [4.69, 9.17) is 0 Å². The summed E-state index contributed by atoms with van der Waals surface area (Å²) in [5.41, 5.74) is 1.52. The van der Waals surface area contributed by atoms with Gasteiger partial charge in [0.1, 0.15) is 0 Å². The van der Waals surface area contributed by atoms with E-state index in [2.05, 4.69) is 5.32 Å². The fraction of sp³-hybridized carbons (Fsp3) is 0.417. The summed E-state index contributed by atoms with van der Waals surface area (Å²) in [7, 11) is 3.39. The lowest BCUT2D eigenvalue weighted by Gasteiger charge is -2.11. The highest BCUT2D eigenvalue weighted by Gasteiger charge is 2.08. The van der Waals surface area contributed by atoms with Crippen LogP contribution in [-0.4, -0.2) is 36.4 Å². The minimum absolute atomic E-state index is 0.0182. The zero-order valence-corrected chi connectivity index (χ0v) is 10.8. The summed E-state index contributed by atoms with van der Waals surface area (Å²) < 4.78 is 0. The van der Waals surface area contributed by atoms with Crippen LogP contribution < -0.4 is 5.32 Å². The third-order valence-electron chi connectivity index (χ3n) is 2.44. The van der Waals surface area contributed by atoms with Crippen LogP contribution in [-0.2, 0) is 4.79 Å². The van der Waals surface area contributed by atoms with E-state index in [1.165, 1.54) is 17.0 Å². The van der Waals surface area contributed by atoms with Crippen molar-refractivity contribution in [3.05, 3.63) is 33.9 Å². The average Bonchev–Trinajstić information content (AvgIpc) is 2.27. The maximum Gasteiger partial charge on any atom is 0.271 e. The van der Waals surface area contributed by atoms with Crippen molar-refractivity contribution < 1.29 is 9.72 Å². The maximum absolute atomic E-state index is 11.4. The van der Waals surface area contributed by atoms with Crippen LogP contribution in [0.3, 0.4) is 0 Å². The van der Waals surface area contributed by atoms with Gasteiger partial charge in [-0.2, -0.15) is 0 Å². The molecule has 0 spiro atoms. The molecular weight excluding hydrogens is 234 g/mol. The first-order valence-electron chi connectivity index (χ1n) is 5.60. The Labute approximate surface area is 106 Å². The Kier molecular flexibility index (Phi) is 4.65. The smallest absolute Gasteiger partial charge is 0.271 e. The van der Waals surface area contributed by atoms with Crippen molar-refractivity contribution in [3.8, 4) is 0 Å². The number of hydrogen-bond donors (Lipinski definition) is 1. The van der Waals surface area contributed by atoms with E-state index >= 15 is 0 Å². The number of nitrogens with one attached hydrogen (secondary N) is 1. The lowest BCUT2D eigenvalue weighted by molar-refractivity contribution is -0.384. The van der Waals surface area contributed by atoms with Crippen molar-refractivity contribution >= 4 is 17.3 Å². The van der Waals surface area contributed by atoms with Gasteiger partial charge in [-0.25, -0.2) is 0 Å². The fourth-order valence-corrected chi connectivity index (χ4v) is 1.51. The molecule has 1 amide bonds. The standard InChI is InChI=1S/C12H17N3O3/c1-9-6-10(8-11(7-9)15(17)18)13-5-4-12(16)14(2)3/h6-8,13H,4-5H2,1-3H3. The van der Waals surface area contributed by atoms with Gasteiger partial charge in [0.15, 0.2) is 0 Å². The zero-order chi connectivity index (χ0) is 13.7. The van der Waals surface area contributed by atoms with Gasteiger partial charge < -0.3 is 10.2 Å². The summed E-state index contributed by atoms with van der Waals surface area (Å²) in [5.74, 6) is 0.0182. The second-order valence-electron chi connectivity index (χ2n) is 4.28. The van der Waals surface area contributed by atoms with Gasteiger partial charge in [0, 0.05) is 44.9 Å². The summed E-state index contributed by atoms with van der Waals surface area (Å²) in [6.45, 7) is 2.25. The normalized spacial score (nSPS) is 9.94. The summed E-state index contributed by atoms with van der Waals surface area (Å²) in [5, 5.41) is 13.7. The van der Waals surface area contributed by atoms with Crippen molar-refractivity contribution in [2.45, 2.75) is 13.3 Å². The van der Waals surface area contributed by atoms with Crippen molar-refractivity contribution in [1.29, 1.82) is 0 Å². The lowest BCUT2D eigenvalue weighted by atomic mass is 10.2. The second kappa shape index (κ2) is 6.00. The maximum atomic E-state index is 11.4. The molecule has 0 aliphatic carbocycles. The van der Waals surface area contributed by atoms with Gasteiger partial charge in [-0.1, -0.05) is 0 Å². The molecule has 0 saturated heterocycles. The quantitative estimate of drug-likeness (QED) is 0.639. The number of non-ortho nitro benzene ring substituents is 1. The van der Waals surface area contributed by atoms with Crippen LogP contribution in [0.25, 0.3) is 0 Å². The molecule has 0 aliphatic rings. The van der Waals surface area contributed by atoms with E-state index in [1.54, 1.807) is 21.0 Å². The molecule has 1 aromatic carbocycles. The number of aryl methyl sites for hydroxylation is 1.